The molecule has 0 aromatic heterocycles. The number of nitro groups is 1. The molecular formula is C13H16FN3O3. The molecule has 0 bridgehead atoms. The quantitative estimate of drug-likeness (QED) is 0.456. The molecule has 20 heavy (non-hydrogen) atoms. The summed E-state index contributed by atoms with van der Waals surface area (Å²) in [6.07, 6.45) is 3.03. The first-order valence-corrected chi connectivity index (χ1v) is 6.53. The van der Waals surface area contributed by atoms with Crippen LogP contribution in [0, 0.1) is 15.9 Å². The summed E-state index contributed by atoms with van der Waals surface area (Å²) >= 11 is 0. The zero-order chi connectivity index (χ0) is 14.5. The molecule has 0 unspecified atom stereocenters. The minimum atomic E-state index is -0.647. The lowest BCUT2D eigenvalue weighted by atomic mass is 10.2. The maximum Gasteiger partial charge on any atom is 0.295 e. The molecule has 0 atom stereocenters. The Kier molecular flexibility index (Phi) is 4.49. The van der Waals surface area contributed by atoms with Crippen molar-refractivity contribution >= 4 is 17.3 Å². The molecule has 1 fully saturated rings. The SMILES string of the molecule is O=C(CCCNc1ccc(F)cc1[N+](=O)[O-])NC1CC1. The Balaban J connectivity index is 1.78. The molecule has 1 aliphatic carbocycles. The van der Waals surface area contributed by atoms with Gasteiger partial charge in [-0.15, -0.1) is 0 Å². The van der Waals surface area contributed by atoms with Crippen LogP contribution in [0.1, 0.15) is 25.7 Å². The first-order valence-electron chi connectivity index (χ1n) is 6.53. The van der Waals surface area contributed by atoms with Crippen LogP contribution in [-0.4, -0.2) is 23.4 Å². The van der Waals surface area contributed by atoms with E-state index in [0.717, 1.165) is 25.0 Å². The molecular weight excluding hydrogens is 265 g/mol. The van der Waals surface area contributed by atoms with Gasteiger partial charge < -0.3 is 10.6 Å². The molecule has 0 saturated heterocycles. The topological polar surface area (TPSA) is 84.3 Å². The zero-order valence-electron chi connectivity index (χ0n) is 10.9. The number of rotatable bonds is 7. The average Bonchev–Trinajstić information content (AvgIpc) is 3.19. The van der Waals surface area contributed by atoms with Crippen LogP contribution in [0.3, 0.4) is 0 Å². The standard InChI is InChI=1S/C13H16FN3O3/c14-9-3-6-11(12(8-9)17(19)20)15-7-1-2-13(18)16-10-4-5-10/h3,6,8,10,15H,1-2,4-5,7H2,(H,16,18). The molecule has 6 nitrogen and oxygen atoms in total. The van der Waals surface area contributed by atoms with Crippen LogP contribution in [0.4, 0.5) is 15.8 Å². The average molecular weight is 281 g/mol. The highest BCUT2D eigenvalue weighted by Gasteiger charge is 2.22. The Morgan fingerprint density at radius 3 is 2.85 bits per heavy atom. The van der Waals surface area contributed by atoms with Crippen LogP contribution in [0.2, 0.25) is 0 Å². The van der Waals surface area contributed by atoms with Crippen LogP contribution in [-0.2, 0) is 4.79 Å². The van der Waals surface area contributed by atoms with E-state index in [-0.39, 0.29) is 17.3 Å². The van der Waals surface area contributed by atoms with Gasteiger partial charge in [0.25, 0.3) is 5.69 Å². The van der Waals surface area contributed by atoms with Crippen molar-refractivity contribution in [3.63, 3.8) is 0 Å². The molecule has 0 heterocycles. The van der Waals surface area contributed by atoms with Crippen molar-refractivity contribution in [3.8, 4) is 0 Å². The Labute approximate surface area is 115 Å². The molecule has 1 saturated carbocycles. The number of nitrogens with zero attached hydrogens (tertiary/aromatic N) is 1. The van der Waals surface area contributed by atoms with E-state index < -0.39 is 10.7 Å². The number of halogens is 1. The number of nitrogens with one attached hydrogen (secondary N) is 2. The highest BCUT2D eigenvalue weighted by Crippen LogP contribution is 2.25. The first-order chi connectivity index (χ1) is 9.56. The van der Waals surface area contributed by atoms with Crippen molar-refractivity contribution in [1.29, 1.82) is 0 Å². The van der Waals surface area contributed by atoms with Crippen molar-refractivity contribution < 1.29 is 14.1 Å². The maximum atomic E-state index is 12.9. The van der Waals surface area contributed by atoms with E-state index in [9.17, 15) is 19.3 Å². The van der Waals surface area contributed by atoms with Crippen molar-refractivity contribution in [2.24, 2.45) is 0 Å². The summed E-state index contributed by atoms with van der Waals surface area (Å²) in [5.74, 6) is -0.644. The highest BCUT2D eigenvalue weighted by atomic mass is 19.1. The number of benzene rings is 1. The molecule has 1 aliphatic rings. The van der Waals surface area contributed by atoms with Crippen molar-refractivity contribution in [2.45, 2.75) is 31.7 Å². The molecule has 0 spiro atoms. The monoisotopic (exact) mass is 281 g/mol. The van der Waals surface area contributed by atoms with Gasteiger partial charge in [0.05, 0.1) is 11.0 Å². The van der Waals surface area contributed by atoms with E-state index in [1.807, 2.05) is 0 Å². The van der Waals surface area contributed by atoms with E-state index >= 15 is 0 Å². The van der Waals surface area contributed by atoms with Crippen molar-refractivity contribution in [2.75, 3.05) is 11.9 Å². The van der Waals surface area contributed by atoms with Crippen LogP contribution < -0.4 is 10.6 Å². The summed E-state index contributed by atoms with van der Waals surface area (Å²) in [4.78, 5) is 21.6. The van der Waals surface area contributed by atoms with Crippen LogP contribution in [0.25, 0.3) is 0 Å². The van der Waals surface area contributed by atoms with Crippen molar-refractivity contribution in [3.05, 3.63) is 34.1 Å². The van der Waals surface area contributed by atoms with Gasteiger partial charge in [-0.1, -0.05) is 0 Å². The van der Waals surface area contributed by atoms with Gasteiger partial charge in [0.2, 0.25) is 5.91 Å². The Hall–Kier alpha value is -2.18. The number of carbonyl (C=O) groups is 1. The summed E-state index contributed by atoms with van der Waals surface area (Å²) in [6.45, 7) is 0.421. The van der Waals surface area contributed by atoms with Crippen LogP contribution >= 0.6 is 0 Å². The predicted molar refractivity (Wildman–Crippen MR) is 71.9 cm³/mol. The normalized spacial score (nSPS) is 13.8. The second kappa shape index (κ2) is 6.31. The molecule has 0 radical (unpaired) electrons. The number of hydrogen-bond acceptors (Lipinski definition) is 4. The summed E-state index contributed by atoms with van der Waals surface area (Å²) in [5.41, 5.74) is -0.0357. The fourth-order valence-electron chi connectivity index (χ4n) is 1.80. The van der Waals surface area contributed by atoms with Gasteiger partial charge in [-0.05, 0) is 31.4 Å². The molecule has 1 aromatic rings. The van der Waals surface area contributed by atoms with Crippen molar-refractivity contribution in [1.82, 2.24) is 5.32 Å². The van der Waals surface area contributed by atoms with Gasteiger partial charge in [-0.2, -0.15) is 0 Å². The molecule has 7 heteroatoms. The Morgan fingerprint density at radius 1 is 1.45 bits per heavy atom. The van der Waals surface area contributed by atoms with Gasteiger partial charge in [-0.25, -0.2) is 4.39 Å². The lowest BCUT2D eigenvalue weighted by Gasteiger charge is -2.07. The molecule has 2 rings (SSSR count). The third-order valence-corrected chi connectivity index (χ3v) is 3.00. The fourth-order valence-corrected chi connectivity index (χ4v) is 1.80. The first kappa shape index (κ1) is 14.2. The second-order valence-electron chi connectivity index (χ2n) is 4.79. The Bertz CT molecular complexity index is 518. The van der Waals surface area contributed by atoms with Gasteiger partial charge >= 0.3 is 0 Å². The van der Waals surface area contributed by atoms with Crippen LogP contribution in [0.15, 0.2) is 18.2 Å². The van der Waals surface area contributed by atoms with E-state index in [0.29, 0.717) is 25.4 Å². The second-order valence-corrected chi connectivity index (χ2v) is 4.79. The van der Waals surface area contributed by atoms with E-state index in [2.05, 4.69) is 10.6 Å². The smallest absolute Gasteiger partial charge is 0.295 e. The van der Waals surface area contributed by atoms with Crippen LogP contribution in [0.5, 0.6) is 0 Å². The van der Waals surface area contributed by atoms with E-state index in [4.69, 9.17) is 0 Å². The summed E-state index contributed by atoms with van der Waals surface area (Å²) in [5, 5.41) is 16.5. The fraction of sp³-hybridized carbons (Fsp3) is 0.462. The van der Waals surface area contributed by atoms with E-state index in [1.54, 1.807) is 0 Å². The lowest BCUT2D eigenvalue weighted by molar-refractivity contribution is -0.384. The molecule has 2 N–H and O–H groups in total. The molecule has 1 aromatic carbocycles. The maximum absolute atomic E-state index is 12.9. The summed E-state index contributed by atoms with van der Waals surface area (Å²) < 4.78 is 12.9. The number of hydrogen-bond donors (Lipinski definition) is 2. The number of carbonyl (C=O) groups excluding carboxylic acids is 1. The molecule has 0 aliphatic heterocycles. The number of nitro benzene ring substituents is 1. The van der Waals surface area contributed by atoms with Gasteiger partial charge in [0.1, 0.15) is 11.5 Å². The highest BCUT2D eigenvalue weighted by molar-refractivity contribution is 5.76. The minimum Gasteiger partial charge on any atom is -0.379 e. The third-order valence-electron chi connectivity index (χ3n) is 3.00. The van der Waals surface area contributed by atoms with Gasteiger partial charge in [0.15, 0.2) is 0 Å². The van der Waals surface area contributed by atoms with Gasteiger partial charge in [-0.3, -0.25) is 14.9 Å². The largest absolute Gasteiger partial charge is 0.379 e. The van der Waals surface area contributed by atoms with Gasteiger partial charge in [0, 0.05) is 19.0 Å². The lowest BCUT2D eigenvalue weighted by Crippen LogP contribution is -2.25. The minimum absolute atomic E-state index is 0.00269. The van der Waals surface area contributed by atoms with E-state index in [1.165, 1.54) is 6.07 Å². The summed E-state index contributed by atoms with van der Waals surface area (Å²) in [6, 6.07) is 3.71. The Morgan fingerprint density at radius 2 is 2.20 bits per heavy atom. The predicted octanol–water partition coefficient (Wildman–Crippen LogP) is 2.20. The number of amides is 1. The number of anilines is 1. The third kappa shape index (κ3) is 4.18. The molecule has 108 valence electrons. The summed E-state index contributed by atoms with van der Waals surface area (Å²) in [7, 11) is 0. The zero-order valence-corrected chi connectivity index (χ0v) is 10.9. The molecule has 1 amide bonds.